The molecule has 1 aliphatic heterocycles. The van der Waals surface area contributed by atoms with Gasteiger partial charge in [-0.15, -0.1) is 0 Å². The summed E-state index contributed by atoms with van der Waals surface area (Å²) in [4.78, 5) is 24.4. The molecule has 1 aliphatic rings. The first-order valence-electron chi connectivity index (χ1n) is 8.27. The quantitative estimate of drug-likeness (QED) is 0.811. The number of hydrogen-bond acceptors (Lipinski definition) is 3. The van der Waals surface area contributed by atoms with E-state index in [2.05, 4.69) is 17.2 Å². The summed E-state index contributed by atoms with van der Waals surface area (Å²) in [7, 11) is 0. The highest BCUT2D eigenvalue weighted by atomic mass is 19.1. The number of ether oxygens (including phenoxy) is 1. The Morgan fingerprint density at radius 1 is 1.12 bits per heavy atom. The summed E-state index contributed by atoms with van der Waals surface area (Å²) in [5.74, 6) is -1.98. The number of hydrogen-bond donors (Lipinski definition) is 2. The van der Waals surface area contributed by atoms with Gasteiger partial charge in [-0.05, 0) is 11.6 Å². The Labute approximate surface area is 150 Å². The van der Waals surface area contributed by atoms with Crippen LogP contribution in [0.5, 0.6) is 0 Å². The summed E-state index contributed by atoms with van der Waals surface area (Å²) >= 11 is 0. The zero-order valence-electron chi connectivity index (χ0n) is 14.1. The van der Waals surface area contributed by atoms with Gasteiger partial charge in [0.2, 0.25) is 0 Å². The minimum absolute atomic E-state index is 0.185. The van der Waals surface area contributed by atoms with E-state index in [1.807, 2.05) is 30.3 Å². The zero-order chi connectivity index (χ0) is 18.5. The van der Waals surface area contributed by atoms with Gasteiger partial charge in [0.05, 0.1) is 12.6 Å². The van der Waals surface area contributed by atoms with Crippen molar-refractivity contribution in [3.63, 3.8) is 0 Å². The Hall–Kier alpha value is -3.15. The summed E-state index contributed by atoms with van der Waals surface area (Å²) in [5.41, 5.74) is 1.44. The minimum atomic E-state index is -0.916. The Morgan fingerprint density at radius 2 is 1.81 bits per heavy atom. The van der Waals surface area contributed by atoms with E-state index in [1.54, 1.807) is 12.1 Å². The number of benzene rings is 2. The number of nitrogens with one attached hydrogen (secondary N) is 2. The molecule has 2 amide bonds. The topological polar surface area (TPSA) is 67.4 Å². The van der Waals surface area contributed by atoms with E-state index in [4.69, 9.17) is 4.74 Å². The lowest BCUT2D eigenvalue weighted by atomic mass is 9.89. The summed E-state index contributed by atoms with van der Waals surface area (Å²) in [6.45, 7) is 3.93. The number of urea groups is 1. The summed E-state index contributed by atoms with van der Waals surface area (Å²) in [6, 6.07) is 14.2. The molecular weight excluding hydrogens is 335 g/mol. The van der Waals surface area contributed by atoms with Gasteiger partial charge in [-0.25, -0.2) is 9.18 Å². The van der Waals surface area contributed by atoms with Gasteiger partial charge < -0.3 is 15.4 Å². The fourth-order valence-corrected chi connectivity index (χ4v) is 2.95. The van der Waals surface area contributed by atoms with Crippen molar-refractivity contribution in [2.75, 3.05) is 6.61 Å². The number of esters is 1. The molecule has 0 bridgehead atoms. The van der Waals surface area contributed by atoms with Crippen LogP contribution in [0.2, 0.25) is 0 Å². The van der Waals surface area contributed by atoms with Gasteiger partial charge in [0.25, 0.3) is 0 Å². The van der Waals surface area contributed by atoms with E-state index in [9.17, 15) is 14.0 Å². The molecule has 2 aromatic rings. The fourth-order valence-electron chi connectivity index (χ4n) is 2.95. The van der Waals surface area contributed by atoms with Crippen molar-refractivity contribution in [3.8, 4) is 0 Å². The highest BCUT2D eigenvalue weighted by molar-refractivity contribution is 5.85. The number of carbonyl (C=O) groups is 2. The van der Waals surface area contributed by atoms with E-state index in [0.29, 0.717) is 6.42 Å². The second-order valence-corrected chi connectivity index (χ2v) is 6.00. The van der Waals surface area contributed by atoms with E-state index in [0.717, 1.165) is 5.56 Å². The van der Waals surface area contributed by atoms with Crippen LogP contribution in [0.3, 0.4) is 0 Å². The third-order valence-electron chi connectivity index (χ3n) is 4.24. The average molecular weight is 354 g/mol. The first-order chi connectivity index (χ1) is 12.6. The van der Waals surface area contributed by atoms with Crippen LogP contribution in [-0.4, -0.2) is 18.6 Å². The predicted molar refractivity (Wildman–Crippen MR) is 94.5 cm³/mol. The third-order valence-corrected chi connectivity index (χ3v) is 4.24. The molecule has 0 radical (unpaired) electrons. The normalized spacial score (nSPS) is 19.4. The maximum Gasteiger partial charge on any atom is 0.319 e. The highest BCUT2D eigenvalue weighted by Gasteiger charge is 2.39. The third kappa shape index (κ3) is 3.91. The molecule has 5 nitrogen and oxygen atoms in total. The Balaban J connectivity index is 1.73. The van der Waals surface area contributed by atoms with Crippen LogP contribution in [0.15, 0.2) is 66.9 Å². The molecule has 3 rings (SSSR count). The second kappa shape index (κ2) is 7.82. The molecule has 1 saturated heterocycles. The molecular formula is C20H19FN2O3. The summed E-state index contributed by atoms with van der Waals surface area (Å²) in [6.07, 6.45) is 0.565. The van der Waals surface area contributed by atoms with Crippen molar-refractivity contribution in [3.05, 3.63) is 83.8 Å². The molecule has 2 N–H and O–H groups in total. The van der Waals surface area contributed by atoms with Gasteiger partial charge in [0, 0.05) is 17.7 Å². The highest BCUT2D eigenvalue weighted by Crippen LogP contribution is 2.31. The number of carbonyl (C=O) groups excluding carboxylic acids is 2. The Bertz CT molecular complexity index is 823. The Morgan fingerprint density at radius 3 is 2.54 bits per heavy atom. The van der Waals surface area contributed by atoms with Gasteiger partial charge in [-0.2, -0.15) is 0 Å². The Kier molecular flexibility index (Phi) is 5.31. The van der Waals surface area contributed by atoms with Gasteiger partial charge in [-0.1, -0.05) is 55.1 Å². The van der Waals surface area contributed by atoms with Crippen molar-refractivity contribution < 1.29 is 18.7 Å². The first-order valence-corrected chi connectivity index (χ1v) is 8.27. The van der Waals surface area contributed by atoms with Crippen LogP contribution < -0.4 is 10.6 Å². The molecule has 2 atom stereocenters. The van der Waals surface area contributed by atoms with Crippen LogP contribution in [0.25, 0.3) is 0 Å². The van der Waals surface area contributed by atoms with E-state index in [1.165, 1.54) is 12.1 Å². The zero-order valence-corrected chi connectivity index (χ0v) is 14.1. The monoisotopic (exact) mass is 354 g/mol. The molecule has 1 fully saturated rings. The molecule has 0 saturated carbocycles. The van der Waals surface area contributed by atoms with Crippen LogP contribution in [0.4, 0.5) is 9.18 Å². The van der Waals surface area contributed by atoms with Gasteiger partial charge >= 0.3 is 12.0 Å². The van der Waals surface area contributed by atoms with Crippen molar-refractivity contribution in [1.29, 1.82) is 0 Å². The summed E-state index contributed by atoms with van der Waals surface area (Å²) in [5, 5.41) is 5.06. The molecule has 0 aliphatic carbocycles. The lowest BCUT2D eigenvalue weighted by Crippen LogP contribution is -2.51. The molecule has 26 heavy (non-hydrogen) atoms. The van der Waals surface area contributed by atoms with E-state index in [-0.39, 0.29) is 17.9 Å². The standard InChI is InChI=1S/C20H19FN2O3/c1-13-17(19(24)26-12-11-14-7-3-2-4-8-14)18(23-20(25)22-13)15-9-5-6-10-16(15)21/h2-10,17-18H,1,11-12H2,(H2,22,23,25). The van der Waals surface area contributed by atoms with Gasteiger partial charge in [0.1, 0.15) is 11.7 Å². The summed E-state index contributed by atoms with van der Waals surface area (Å²) < 4.78 is 19.6. The minimum Gasteiger partial charge on any atom is -0.465 e. The maximum absolute atomic E-state index is 14.2. The van der Waals surface area contributed by atoms with Crippen molar-refractivity contribution >= 4 is 12.0 Å². The van der Waals surface area contributed by atoms with Crippen molar-refractivity contribution in [1.82, 2.24) is 10.6 Å². The van der Waals surface area contributed by atoms with Crippen LogP contribution in [0, 0.1) is 11.7 Å². The molecule has 6 heteroatoms. The fraction of sp³-hybridized carbons (Fsp3) is 0.200. The van der Waals surface area contributed by atoms with Crippen LogP contribution in [-0.2, 0) is 16.0 Å². The lowest BCUT2D eigenvalue weighted by Gasteiger charge is -2.33. The second-order valence-electron chi connectivity index (χ2n) is 6.00. The van der Waals surface area contributed by atoms with Crippen LogP contribution >= 0.6 is 0 Å². The molecule has 1 heterocycles. The lowest BCUT2D eigenvalue weighted by molar-refractivity contribution is -0.148. The molecule has 2 unspecified atom stereocenters. The molecule has 0 spiro atoms. The van der Waals surface area contributed by atoms with Crippen molar-refractivity contribution in [2.45, 2.75) is 12.5 Å². The number of rotatable bonds is 5. The molecule has 134 valence electrons. The predicted octanol–water partition coefficient (Wildman–Crippen LogP) is 3.10. The van der Waals surface area contributed by atoms with Gasteiger partial charge in [0.15, 0.2) is 0 Å². The molecule has 0 aromatic heterocycles. The smallest absolute Gasteiger partial charge is 0.319 e. The SMILES string of the molecule is C=C1NC(=O)NC(c2ccccc2F)C1C(=O)OCCc1ccccc1. The average Bonchev–Trinajstić information content (AvgIpc) is 2.62. The van der Waals surface area contributed by atoms with Crippen LogP contribution in [0.1, 0.15) is 17.2 Å². The molecule has 2 aromatic carbocycles. The largest absolute Gasteiger partial charge is 0.465 e. The maximum atomic E-state index is 14.2. The van der Waals surface area contributed by atoms with Crippen molar-refractivity contribution in [2.24, 2.45) is 5.92 Å². The van der Waals surface area contributed by atoms with Gasteiger partial charge in [-0.3, -0.25) is 4.79 Å². The first kappa shape index (κ1) is 17.7. The van der Waals surface area contributed by atoms with E-state index >= 15 is 0 Å². The van der Waals surface area contributed by atoms with E-state index < -0.39 is 29.8 Å². The number of amides is 2. The number of halogens is 1.